The van der Waals surface area contributed by atoms with E-state index in [0.717, 1.165) is 18.2 Å². The Morgan fingerprint density at radius 2 is 1.81 bits per heavy atom. The average Bonchev–Trinajstić information content (AvgIpc) is 2.43. The highest BCUT2D eigenvalue weighted by Crippen LogP contribution is 2.17. The van der Waals surface area contributed by atoms with Crippen LogP contribution in [0.15, 0.2) is 42.5 Å². The molecule has 1 N–H and O–H groups in total. The third-order valence-corrected chi connectivity index (χ3v) is 2.85. The molecule has 2 aromatic carbocycles. The van der Waals surface area contributed by atoms with Crippen LogP contribution in [0.1, 0.15) is 5.56 Å². The number of rotatable bonds is 3. The molecule has 2 nitrogen and oxygen atoms in total. The minimum absolute atomic E-state index is 0.0675. The van der Waals surface area contributed by atoms with Crippen LogP contribution in [0.3, 0.4) is 0 Å². The fourth-order valence-corrected chi connectivity index (χ4v) is 1.74. The summed E-state index contributed by atoms with van der Waals surface area (Å²) in [5.74, 6) is -2.78. The van der Waals surface area contributed by atoms with E-state index >= 15 is 0 Å². The summed E-state index contributed by atoms with van der Waals surface area (Å²) < 4.78 is 39.0. The highest BCUT2D eigenvalue weighted by atomic mass is 35.5. The normalized spacial score (nSPS) is 10.9. The van der Waals surface area contributed by atoms with Gasteiger partial charge in [0.25, 0.3) is 0 Å². The largest absolute Gasteiger partial charge is 0.320 e. The minimum atomic E-state index is -0.874. The molecular formula is C15H9ClF3NO. The van der Waals surface area contributed by atoms with Crippen molar-refractivity contribution in [3.05, 3.63) is 70.5 Å². The summed E-state index contributed by atoms with van der Waals surface area (Å²) in [7, 11) is 0. The van der Waals surface area contributed by atoms with Crippen molar-refractivity contribution in [1.82, 2.24) is 0 Å². The van der Waals surface area contributed by atoms with Crippen molar-refractivity contribution >= 4 is 29.3 Å². The Labute approximate surface area is 123 Å². The Balaban J connectivity index is 2.07. The number of hydrogen-bond acceptors (Lipinski definition) is 1. The Morgan fingerprint density at radius 1 is 1.05 bits per heavy atom. The molecule has 0 aliphatic carbocycles. The fourth-order valence-electron chi connectivity index (χ4n) is 1.55. The van der Waals surface area contributed by atoms with E-state index in [4.69, 9.17) is 11.6 Å². The predicted octanol–water partition coefficient (Wildman–Crippen LogP) is 4.41. The molecule has 0 aliphatic heterocycles. The summed E-state index contributed by atoms with van der Waals surface area (Å²) in [6, 6.07) is 6.76. The summed E-state index contributed by atoms with van der Waals surface area (Å²) >= 11 is 5.60. The van der Waals surface area contributed by atoms with E-state index < -0.39 is 23.4 Å². The van der Waals surface area contributed by atoms with Crippen molar-refractivity contribution in [3.8, 4) is 0 Å². The lowest BCUT2D eigenvalue weighted by atomic mass is 10.2. The van der Waals surface area contributed by atoms with Crippen LogP contribution in [0.25, 0.3) is 6.08 Å². The van der Waals surface area contributed by atoms with Gasteiger partial charge < -0.3 is 5.32 Å². The Morgan fingerprint density at radius 3 is 2.48 bits per heavy atom. The molecule has 0 aliphatic rings. The van der Waals surface area contributed by atoms with Gasteiger partial charge in [0.15, 0.2) is 0 Å². The van der Waals surface area contributed by atoms with Gasteiger partial charge in [-0.2, -0.15) is 0 Å². The molecule has 2 aromatic rings. The Hall–Kier alpha value is -2.27. The number of nitrogens with one attached hydrogen (secondary N) is 1. The molecule has 108 valence electrons. The Kier molecular flexibility index (Phi) is 4.65. The zero-order chi connectivity index (χ0) is 15.4. The second kappa shape index (κ2) is 6.45. The van der Waals surface area contributed by atoms with E-state index in [2.05, 4.69) is 5.32 Å². The van der Waals surface area contributed by atoms with Crippen LogP contribution >= 0.6 is 11.6 Å². The van der Waals surface area contributed by atoms with Crippen molar-refractivity contribution in [2.24, 2.45) is 0 Å². The van der Waals surface area contributed by atoms with Gasteiger partial charge >= 0.3 is 0 Å². The Bertz CT molecular complexity index is 716. The molecule has 21 heavy (non-hydrogen) atoms. The van der Waals surface area contributed by atoms with Crippen molar-refractivity contribution in [3.63, 3.8) is 0 Å². The molecule has 0 saturated carbocycles. The van der Waals surface area contributed by atoms with Gasteiger partial charge in [0.2, 0.25) is 5.91 Å². The van der Waals surface area contributed by atoms with Crippen LogP contribution < -0.4 is 5.32 Å². The molecule has 0 heterocycles. The first-order valence-electron chi connectivity index (χ1n) is 5.85. The van der Waals surface area contributed by atoms with Crippen LogP contribution in [0, 0.1) is 17.5 Å². The number of amides is 1. The molecule has 0 aromatic heterocycles. The molecule has 1 amide bonds. The third-order valence-electron chi connectivity index (χ3n) is 2.56. The molecule has 0 fully saturated rings. The predicted molar refractivity (Wildman–Crippen MR) is 75.4 cm³/mol. The average molecular weight is 312 g/mol. The number of carbonyl (C=O) groups excluding carboxylic acids is 1. The maximum atomic E-state index is 13.3. The van der Waals surface area contributed by atoms with Gasteiger partial charge in [0.05, 0.1) is 10.7 Å². The zero-order valence-electron chi connectivity index (χ0n) is 10.5. The van der Waals surface area contributed by atoms with Crippen molar-refractivity contribution in [2.75, 3.05) is 5.32 Å². The highest BCUT2D eigenvalue weighted by Gasteiger charge is 2.06. The maximum Gasteiger partial charge on any atom is 0.248 e. The van der Waals surface area contributed by atoms with E-state index in [1.807, 2.05) is 0 Å². The van der Waals surface area contributed by atoms with Crippen LogP contribution in [0.5, 0.6) is 0 Å². The summed E-state index contributed by atoms with van der Waals surface area (Å²) in [6.07, 6.45) is 2.52. The van der Waals surface area contributed by atoms with E-state index in [-0.39, 0.29) is 10.7 Å². The van der Waals surface area contributed by atoms with Gasteiger partial charge in [-0.1, -0.05) is 17.7 Å². The van der Waals surface area contributed by atoms with Gasteiger partial charge in [-0.3, -0.25) is 4.79 Å². The SMILES string of the molecule is O=C(/C=C/c1ccc(F)c(Cl)c1)Nc1ccc(F)cc1F. The topological polar surface area (TPSA) is 29.1 Å². The smallest absolute Gasteiger partial charge is 0.248 e. The first-order valence-corrected chi connectivity index (χ1v) is 6.22. The van der Waals surface area contributed by atoms with Crippen molar-refractivity contribution in [2.45, 2.75) is 0 Å². The summed E-state index contributed by atoms with van der Waals surface area (Å²) in [4.78, 5) is 11.6. The second-order valence-corrected chi connectivity index (χ2v) is 4.53. The fraction of sp³-hybridized carbons (Fsp3) is 0. The summed E-state index contributed by atoms with van der Waals surface area (Å²) in [5.41, 5.74) is 0.374. The number of carbonyl (C=O) groups is 1. The van der Waals surface area contributed by atoms with Gasteiger partial charge in [0.1, 0.15) is 17.5 Å². The lowest BCUT2D eigenvalue weighted by Gasteiger charge is -2.03. The van der Waals surface area contributed by atoms with E-state index in [0.29, 0.717) is 11.6 Å². The summed E-state index contributed by atoms with van der Waals surface area (Å²) in [6.45, 7) is 0. The number of hydrogen-bond donors (Lipinski definition) is 1. The highest BCUT2D eigenvalue weighted by molar-refractivity contribution is 6.30. The third kappa shape index (κ3) is 4.10. The van der Waals surface area contributed by atoms with E-state index in [9.17, 15) is 18.0 Å². The van der Waals surface area contributed by atoms with Crippen LogP contribution in [-0.2, 0) is 4.79 Å². The van der Waals surface area contributed by atoms with Gasteiger partial charge in [-0.15, -0.1) is 0 Å². The molecule has 0 unspecified atom stereocenters. The lowest BCUT2D eigenvalue weighted by Crippen LogP contribution is -2.09. The van der Waals surface area contributed by atoms with E-state index in [1.165, 1.54) is 24.3 Å². The quantitative estimate of drug-likeness (QED) is 0.836. The van der Waals surface area contributed by atoms with Gasteiger partial charge in [-0.05, 0) is 35.9 Å². The second-order valence-electron chi connectivity index (χ2n) is 4.12. The van der Waals surface area contributed by atoms with E-state index in [1.54, 1.807) is 0 Å². The molecule has 0 bridgehead atoms. The standard InChI is InChI=1S/C15H9ClF3NO/c16-11-7-9(1-4-12(11)18)2-6-15(21)20-14-5-3-10(17)8-13(14)19/h1-8H,(H,20,21)/b6-2+. The first-order chi connectivity index (χ1) is 9.95. The van der Waals surface area contributed by atoms with Gasteiger partial charge in [0, 0.05) is 12.1 Å². The van der Waals surface area contributed by atoms with Crippen LogP contribution in [0.2, 0.25) is 5.02 Å². The molecule has 2 rings (SSSR count). The molecular weight excluding hydrogens is 303 g/mol. The van der Waals surface area contributed by atoms with Crippen molar-refractivity contribution in [1.29, 1.82) is 0 Å². The van der Waals surface area contributed by atoms with Gasteiger partial charge in [-0.25, -0.2) is 13.2 Å². The summed E-state index contributed by atoms with van der Waals surface area (Å²) in [5, 5.41) is 2.19. The van der Waals surface area contributed by atoms with Crippen LogP contribution in [-0.4, -0.2) is 5.91 Å². The molecule has 0 spiro atoms. The molecule has 0 saturated heterocycles. The first kappa shape index (κ1) is 15.1. The molecule has 0 radical (unpaired) electrons. The van der Waals surface area contributed by atoms with Crippen molar-refractivity contribution < 1.29 is 18.0 Å². The zero-order valence-corrected chi connectivity index (χ0v) is 11.3. The van der Waals surface area contributed by atoms with Crippen LogP contribution in [0.4, 0.5) is 18.9 Å². The minimum Gasteiger partial charge on any atom is -0.320 e. The maximum absolute atomic E-state index is 13.3. The lowest BCUT2D eigenvalue weighted by molar-refractivity contribution is -0.111. The number of halogens is 4. The molecule has 0 atom stereocenters. The number of anilines is 1. The monoisotopic (exact) mass is 311 g/mol. The molecule has 6 heteroatoms. The number of benzene rings is 2.